The summed E-state index contributed by atoms with van der Waals surface area (Å²) in [6.45, 7) is 0. The van der Waals surface area contributed by atoms with Crippen molar-refractivity contribution < 1.29 is 4.42 Å². The van der Waals surface area contributed by atoms with Gasteiger partial charge in [-0.15, -0.1) is 0 Å². The van der Waals surface area contributed by atoms with Crippen molar-refractivity contribution in [3.05, 3.63) is 198 Å². The molecule has 2 heterocycles. The molecule has 52 heavy (non-hydrogen) atoms. The maximum absolute atomic E-state index is 6.31. The van der Waals surface area contributed by atoms with E-state index in [2.05, 4.69) is 169 Å². The Morgan fingerprint density at radius 1 is 0.385 bits per heavy atom. The fourth-order valence-corrected chi connectivity index (χ4v) is 8.65. The van der Waals surface area contributed by atoms with E-state index < -0.39 is 5.41 Å². The highest BCUT2D eigenvalue weighted by Gasteiger charge is 2.51. The molecule has 4 heteroatoms. The van der Waals surface area contributed by atoms with Crippen LogP contribution in [0.4, 0.5) is 0 Å². The molecule has 4 nitrogen and oxygen atoms in total. The van der Waals surface area contributed by atoms with Gasteiger partial charge in [0.05, 0.1) is 5.41 Å². The smallest absolute Gasteiger partial charge is 0.251 e. The molecule has 2 aromatic heterocycles. The summed E-state index contributed by atoms with van der Waals surface area (Å²) in [5.41, 5.74) is 18.2. The topological polar surface area (TPSA) is 51.8 Å². The quantitative estimate of drug-likeness (QED) is 0.188. The van der Waals surface area contributed by atoms with E-state index in [0.29, 0.717) is 17.1 Å². The molecule has 0 fully saturated rings. The van der Waals surface area contributed by atoms with Gasteiger partial charge in [0.25, 0.3) is 5.71 Å². The predicted molar refractivity (Wildman–Crippen MR) is 208 cm³/mol. The highest BCUT2D eigenvalue weighted by molar-refractivity contribution is 5.97. The van der Waals surface area contributed by atoms with Gasteiger partial charge < -0.3 is 4.42 Å². The summed E-state index contributed by atoms with van der Waals surface area (Å²) >= 11 is 0. The molecule has 7 aromatic carbocycles. The number of nitrogens with zero attached hydrogens (tertiary/aromatic N) is 3. The van der Waals surface area contributed by atoms with Crippen molar-refractivity contribution in [1.29, 1.82) is 0 Å². The number of rotatable bonds is 4. The Kier molecular flexibility index (Phi) is 6.13. The Morgan fingerprint density at radius 3 is 1.56 bits per heavy atom. The summed E-state index contributed by atoms with van der Waals surface area (Å²) in [5.74, 6) is 0.519. The van der Waals surface area contributed by atoms with Crippen LogP contribution in [0.1, 0.15) is 22.3 Å². The first-order chi connectivity index (χ1) is 25.8. The van der Waals surface area contributed by atoms with E-state index in [4.69, 9.17) is 14.4 Å². The normalized spacial score (nSPS) is 13.2. The van der Waals surface area contributed by atoms with Gasteiger partial charge in [0.15, 0.2) is 5.52 Å². The summed E-state index contributed by atoms with van der Waals surface area (Å²) < 4.78 is 6.31. The molecular weight excluding hydrogens is 635 g/mol. The average Bonchev–Trinajstić information content (AvgIpc) is 3.88. The standard InChI is InChI=1S/C48H29N3O/c1-2-11-30(12-3-1)33-13-10-14-34(27-33)31-21-23-32(24-22-31)46-51-45-44(49-29-50-47(45)52-46)35-25-26-39-38-17-6-9-20-42(38)48(43(39)28-35)40-18-7-4-15-36(40)37-16-5-8-19-41(37)48/h1-29H. The van der Waals surface area contributed by atoms with Crippen LogP contribution in [0.15, 0.2) is 181 Å². The molecular formula is C48H29N3O. The number of oxazole rings is 1. The molecule has 9 aromatic rings. The van der Waals surface area contributed by atoms with Gasteiger partial charge in [-0.1, -0.05) is 146 Å². The van der Waals surface area contributed by atoms with Crippen molar-refractivity contribution in [3.63, 3.8) is 0 Å². The minimum absolute atomic E-state index is 0.432. The molecule has 0 radical (unpaired) electrons. The summed E-state index contributed by atoms with van der Waals surface area (Å²) in [6.07, 6.45) is 1.58. The van der Waals surface area contributed by atoms with Crippen LogP contribution in [-0.4, -0.2) is 15.0 Å². The Labute approximate surface area is 300 Å². The van der Waals surface area contributed by atoms with Gasteiger partial charge >= 0.3 is 0 Å². The Hall–Kier alpha value is -6.91. The molecule has 2 aliphatic rings. The lowest BCUT2D eigenvalue weighted by molar-refractivity contribution is 0.607. The molecule has 11 rings (SSSR count). The molecule has 0 atom stereocenters. The van der Waals surface area contributed by atoms with Gasteiger partial charge in [-0.2, -0.15) is 4.98 Å². The predicted octanol–water partition coefficient (Wildman–Crippen LogP) is 11.6. The highest BCUT2D eigenvalue weighted by Crippen LogP contribution is 2.63. The molecule has 1 spiro atoms. The van der Waals surface area contributed by atoms with E-state index in [9.17, 15) is 0 Å². The van der Waals surface area contributed by atoms with Gasteiger partial charge in [0, 0.05) is 11.1 Å². The third kappa shape index (κ3) is 4.06. The Bertz CT molecular complexity index is 2790. The molecule has 242 valence electrons. The zero-order valence-electron chi connectivity index (χ0n) is 28.0. The van der Waals surface area contributed by atoms with E-state index in [1.54, 1.807) is 6.33 Å². The first-order valence-corrected chi connectivity index (χ1v) is 17.6. The van der Waals surface area contributed by atoms with Crippen LogP contribution in [0.3, 0.4) is 0 Å². The number of hydrogen-bond donors (Lipinski definition) is 0. The average molecular weight is 664 g/mol. The first kappa shape index (κ1) is 28.9. The van der Waals surface area contributed by atoms with Gasteiger partial charge in [0.1, 0.15) is 12.0 Å². The summed E-state index contributed by atoms with van der Waals surface area (Å²) in [6, 6.07) is 60.8. The highest BCUT2D eigenvalue weighted by atomic mass is 16.4. The zero-order chi connectivity index (χ0) is 34.2. The van der Waals surface area contributed by atoms with Crippen molar-refractivity contribution in [1.82, 2.24) is 15.0 Å². The summed E-state index contributed by atoms with van der Waals surface area (Å²) in [5, 5.41) is 0. The third-order valence-electron chi connectivity index (χ3n) is 10.9. The van der Waals surface area contributed by atoms with Crippen LogP contribution in [0.2, 0.25) is 0 Å². The van der Waals surface area contributed by atoms with Gasteiger partial charge in [0.2, 0.25) is 5.89 Å². The van der Waals surface area contributed by atoms with Crippen molar-refractivity contribution in [3.8, 4) is 67.2 Å². The largest absolute Gasteiger partial charge is 0.418 e. The van der Waals surface area contributed by atoms with E-state index in [0.717, 1.165) is 27.9 Å². The van der Waals surface area contributed by atoms with Crippen molar-refractivity contribution in [2.24, 2.45) is 0 Å². The monoisotopic (exact) mass is 663 g/mol. The fourth-order valence-electron chi connectivity index (χ4n) is 8.65. The lowest BCUT2D eigenvalue weighted by atomic mass is 9.70. The zero-order valence-corrected chi connectivity index (χ0v) is 28.0. The van der Waals surface area contributed by atoms with Crippen LogP contribution >= 0.6 is 0 Å². The minimum atomic E-state index is -0.432. The maximum atomic E-state index is 6.31. The molecule has 0 saturated carbocycles. The number of aromatic nitrogens is 3. The second-order valence-corrected chi connectivity index (χ2v) is 13.6. The van der Waals surface area contributed by atoms with Gasteiger partial charge in [-0.3, -0.25) is 0 Å². The molecule has 0 saturated heterocycles. The number of benzene rings is 7. The Morgan fingerprint density at radius 2 is 0.904 bits per heavy atom. The molecule has 0 N–H and O–H groups in total. The third-order valence-corrected chi connectivity index (χ3v) is 10.9. The van der Waals surface area contributed by atoms with Crippen molar-refractivity contribution >= 4 is 11.2 Å². The van der Waals surface area contributed by atoms with E-state index in [1.807, 2.05) is 6.07 Å². The van der Waals surface area contributed by atoms with E-state index in [1.165, 1.54) is 55.6 Å². The molecule has 0 unspecified atom stereocenters. The van der Waals surface area contributed by atoms with E-state index in [-0.39, 0.29) is 0 Å². The van der Waals surface area contributed by atoms with Crippen LogP contribution < -0.4 is 0 Å². The maximum Gasteiger partial charge on any atom is 0.251 e. The number of hydrogen-bond acceptors (Lipinski definition) is 4. The first-order valence-electron chi connectivity index (χ1n) is 17.6. The number of fused-ring (bicyclic) bond motifs is 11. The van der Waals surface area contributed by atoms with Crippen LogP contribution in [0.25, 0.3) is 78.4 Å². The summed E-state index contributed by atoms with van der Waals surface area (Å²) in [4.78, 5) is 14.3. The van der Waals surface area contributed by atoms with Gasteiger partial charge in [-0.25, -0.2) is 9.97 Å². The van der Waals surface area contributed by atoms with Crippen molar-refractivity contribution in [2.75, 3.05) is 0 Å². The minimum Gasteiger partial charge on any atom is -0.418 e. The van der Waals surface area contributed by atoms with E-state index >= 15 is 0 Å². The van der Waals surface area contributed by atoms with Crippen molar-refractivity contribution in [2.45, 2.75) is 5.41 Å². The molecule has 0 bridgehead atoms. The lowest BCUT2D eigenvalue weighted by Gasteiger charge is -2.30. The van der Waals surface area contributed by atoms with Crippen LogP contribution in [0.5, 0.6) is 0 Å². The van der Waals surface area contributed by atoms with Crippen LogP contribution in [0, 0.1) is 0 Å². The second-order valence-electron chi connectivity index (χ2n) is 13.6. The second kappa shape index (κ2) is 11.0. The molecule has 2 aliphatic carbocycles. The summed E-state index contributed by atoms with van der Waals surface area (Å²) in [7, 11) is 0. The fraction of sp³-hybridized carbons (Fsp3) is 0.0208. The van der Waals surface area contributed by atoms with Crippen LogP contribution in [-0.2, 0) is 5.41 Å². The SMILES string of the molecule is c1ccc(-c2cccc(-c3ccc(-c4nc5c(-c6ccc7c(c6)C6(c8ccccc8-c8ccccc86)c6ccccc6-7)ncnc5o4)cc3)c2)cc1. The lowest BCUT2D eigenvalue weighted by Crippen LogP contribution is -2.25. The Balaban J connectivity index is 1.01. The molecule has 0 aliphatic heterocycles. The van der Waals surface area contributed by atoms with Gasteiger partial charge in [-0.05, 0) is 91.0 Å². The molecule has 0 amide bonds.